The average Bonchev–Trinajstić information content (AvgIpc) is 3.31. The molecular weight excluding hydrogens is 558 g/mol. The Hall–Kier alpha value is -3.95. The minimum absolute atomic E-state index is 0.133. The van der Waals surface area contributed by atoms with Crippen molar-refractivity contribution in [1.82, 2.24) is 9.80 Å². The van der Waals surface area contributed by atoms with E-state index >= 15 is 0 Å². The van der Waals surface area contributed by atoms with Gasteiger partial charge in [0.05, 0.1) is 36.7 Å². The molecule has 2 saturated heterocycles. The van der Waals surface area contributed by atoms with Crippen LogP contribution in [0.3, 0.4) is 0 Å². The summed E-state index contributed by atoms with van der Waals surface area (Å²) >= 11 is 0. The summed E-state index contributed by atoms with van der Waals surface area (Å²) in [6.07, 6.45) is 8.04. The van der Waals surface area contributed by atoms with Gasteiger partial charge >= 0.3 is 0 Å². The van der Waals surface area contributed by atoms with Crippen molar-refractivity contribution in [3.8, 4) is 5.75 Å². The Morgan fingerprint density at radius 3 is 2.25 bits per heavy atom. The fourth-order valence-corrected chi connectivity index (χ4v) is 7.67. The zero-order valence-electron chi connectivity index (χ0n) is 25.8. The van der Waals surface area contributed by atoms with Crippen molar-refractivity contribution in [3.63, 3.8) is 0 Å². The van der Waals surface area contributed by atoms with Crippen molar-refractivity contribution >= 4 is 23.4 Å². The van der Waals surface area contributed by atoms with Gasteiger partial charge in [0.2, 0.25) is 17.7 Å². The zero-order valence-corrected chi connectivity index (χ0v) is 25.8. The van der Waals surface area contributed by atoms with Gasteiger partial charge in [-0.15, -0.1) is 0 Å². The third-order valence-corrected chi connectivity index (χ3v) is 9.68. The molecule has 44 heavy (non-hydrogen) atoms. The molecule has 9 nitrogen and oxygen atoms in total. The van der Waals surface area contributed by atoms with Crippen molar-refractivity contribution in [3.05, 3.63) is 84.5 Å². The summed E-state index contributed by atoms with van der Waals surface area (Å²) in [7, 11) is 0. The summed E-state index contributed by atoms with van der Waals surface area (Å²) in [5, 5.41) is 10.7. The molecule has 4 heterocycles. The molecule has 6 rings (SSSR count). The minimum atomic E-state index is -1.40. The number of nitrogens with zero attached hydrogens (tertiary/aromatic N) is 3. The minimum Gasteiger partial charge on any atom is -0.494 e. The van der Waals surface area contributed by atoms with Gasteiger partial charge in [-0.05, 0) is 57.0 Å². The van der Waals surface area contributed by atoms with Crippen LogP contribution in [-0.4, -0.2) is 82.2 Å². The van der Waals surface area contributed by atoms with Gasteiger partial charge in [-0.2, -0.15) is 0 Å². The summed E-state index contributed by atoms with van der Waals surface area (Å²) in [5.41, 5.74) is -1.10. The van der Waals surface area contributed by atoms with Crippen LogP contribution in [0, 0.1) is 11.8 Å². The van der Waals surface area contributed by atoms with E-state index in [2.05, 4.69) is 0 Å². The molecule has 2 fully saturated rings. The molecule has 6 atom stereocenters. The highest BCUT2D eigenvalue weighted by molar-refractivity contribution is 6.04. The first-order chi connectivity index (χ1) is 21.2. The normalized spacial score (nSPS) is 30.3. The van der Waals surface area contributed by atoms with Gasteiger partial charge in [-0.3, -0.25) is 14.4 Å². The predicted molar refractivity (Wildman–Crippen MR) is 166 cm³/mol. The van der Waals surface area contributed by atoms with Crippen LogP contribution in [0.25, 0.3) is 0 Å². The molecule has 2 aromatic carbocycles. The smallest absolute Gasteiger partial charge is 0.249 e. The molecule has 3 amide bonds. The highest BCUT2D eigenvalue weighted by Crippen LogP contribution is 2.60. The van der Waals surface area contributed by atoms with E-state index in [1.165, 1.54) is 4.90 Å². The van der Waals surface area contributed by atoms with Crippen molar-refractivity contribution in [2.45, 2.75) is 63.4 Å². The van der Waals surface area contributed by atoms with Crippen LogP contribution in [0.1, 0.15) is 45.7 Å². The van der Waals surface area contributed by atoms with E-state index < -0.39 is 35.1 Å². The number of hydrogen-bond acceptors (Lipinski definition) is 6. The van der Waals surface area contributed by atoms with Crippen LogP contribution < -0.4 is 9.64 Å². The first kappa shape index (κ1) is 30.1. The first-order valence-electron chi connectivity index (χ1n) is 15.6. The number of aliphatic hydroxyl groups is 1. The lowest BCUT2D eigenvalue weighted by molar-refractivity contribution is -0.156. The van der Waals surface area contributed by atoms with Crippen LogP contribution in [-0.2, 0) is 19.1 Å². The number of benzene rings is 2. The number of amides is 3. The van der Waals surface area contributed by atoms with Gasteiger partial charge in [0.15, 0.2) is 0 Å². The molecule has 0 aromatic heterocycles. The molecule has 0 saturated carbocycles. The zero-order chi connectivity index (χ0) is 31.2. The van der Waals surface area contributed by atoms with Crippen LogP contribution >= 0.6 is 0 Å². The average molecular weight is 600 g/mol. The number of hydrogen-bond donors (Lipinski definition) is 1. The number of likely N-dealkylation sites (tertiary alicyclic amines) is 1. The van der Waals surface area contributed by atoms with Crippen LogP contribution in [0.5, 0.6) is 5.75 Å². The third kappa shape index (κ3) is 4.47. The van der Waals surface area contributed by atoms with Crippen LogP contribution in [0.4, 0.5) is 5.69 Å². The molecule has 0 aliphatic carbocycles. The SMILES string of the molecule is CCOc1ccc(N2CC=C[C@@]3(CC)O[C@]45C=CCN(C(C)C)C(=O)C4N([C@H](CO)c4ccccc4)C(=O)[C@@H]5[C@H]3C2=O)cc1. The van der Waals surface area contributed by atoms with E-state index in [4.69, 9.17) is 9.47 Å². The van der Waals surface area contributed by atoms with Crippen molar-refractivity contribution < 1.29 is 29.0 Å². The number of carbonyl (C=O) groups is 3. The highest BCUT2D eigenvalue weighted by Gasteiger charge is 2.76. The molecule has 0 radical (unpaired) electrons. The number of anilines is 1. The highest BCUT2D eigenvalue weighted by atomic mass is 16.5. The van der Waals surface area contributed by atoms with Crippen molar-refractivity contribution in [2.75, 3.05) is 31.2 Å². The molecule has 2 aromatic rings. The number of fused-ring (bicyclic) bond motifs is 2. The van der Waals surface area contributed by atoms with Gasteiger partial charge in [0.25, 0.3) is 0 Å². The summed E-state index contributed by atoms with van der Waals surface area (Å²) in [6, 6.07) is 14.6. The maximum Gasteiger partial charge on any atom is 0.249 e. The first-order valence-corrected chi connectivity index (χ1v) is 15.6. The lowest BCUT2D eigenvalue weighted by Gasteiger charge is -2.41. The molecule has 4 aliphatic rings. The number of ether oxygens (including phenoxy) is 2. The van der Waals surface area contributed by atoms with E-state index in [0.29, 0.717) is 43.1 Å². The Balaban J connectivity index is 1.50. The monoisotopic (exact) mass is 599 g/mol. The standard InChI is InChI=1S/C35H41N3O6/c1-5-34-18-10-21-37(25-14-16-26(17-15-25)43-6-2)31(40)28(34)29-32(41)38(27(22-39)24-12-8-7-9-13-24)30-33(42)36(23(3)4)20-11-19-35(29,30)44-34/h7-19,23,27-30,39H,5-6,20-22H2,1-4H3/t27-,28+,29+,30?,34-,35+/m1/s1. The van der Waals surface area contributed by atoms with Crippen LogP contribution in [0.15, 0.2) is 78.9 Å². The molecule has 0 bridgehead atoms. The summed E-state index contributed by atoms with van der Waals surface area (Å²) in [5.74, 6) is -2.01. The third-order valence-electron chi connectivity index (χ3n) is 9.68. The Bertz CT molecular complexity index is 1470. The molecule has 1 N–H and O–H groups in total. The summed E-state index contributed by atoms with van der Waals surface area (Å²) < 4.78 is 12.7. The fourth-order valence-electron chi connectivity index (χ4n) is 7.67. The number of carbonyl (C=O) groups excluding carboxylic acids is 3. The Morgan fingerprint density at radius 1 is 0.909 bits per heavy atom. The molecular formula is C35H41N3O6. The van der Waals surface area contributed by atoms with Gasteiger partial charge in [0.1, 0.15) is 17.4 Å². The fraction of sp³-hybridized carbons (Fsp3) is 0.457. The molecule has 9 heteroatoms. The van der Waals surface area contributed by atoms with Crippen molar-refractivity contribution in [2.24, 2.45) is 11.8 Å². The second-order valence-corrected chi connectivity index (χ2v) is 12.2. The molecule has 1 unspecified atom stereocenters. The van der Waals surface area contributed by atoms with E-state index in [9.17, 15) is 19.5 Å². The Labute approximate surface area is 258 Å². The maximum atomic E-state index is 14.9. The second kappa shape index (κ2) is 11.5. The van der Waals surface area contributed by atoms with E-state index in [1.807, 2.05) is 107 Å². The van der Waals surface area contributed by atoms with Gasteiger partial charge in [-0.1, -0.05) is 61.6 Å². The topological polar surface area (TPSA) is 99.6 Å². The van der Waals surface area contributed by atoms with E-state index in [1.54, 1.807) is 9.80 Å². The number of aliphatic hydroxyl groups excluding tert-OH is 1. The Kier molecular flexibility index (Phi) is 7.88. The Morgan fingerprint density at radius 2 is 1.61 bits per heavy atom. The van der Waals surface area contributed by atoms with Crippen LogP contribution in [0.2, 0.25) is 0 Å². The van der Waals surface area contributed by atoms with Gasteiger partial charge in [-0.25, -0.2) is 0 Å². The number of rotatable bonds is 8. The second-order valence-electron chi connectivity index (χ2n) is 12.2. The van der Waals surface area contributed by atoms with Crippen molar-refractivity contribution in [1.29, 1.82) is 0 Å². The quantitative estimate of drug-likeness (QED) is 0.463. The molecule has 1 spiro atoms. The van der Waals surface area contributed by atoms with Gasteiger partial charge < -0.3 is 29.3 Å². The lowest BCUT2D eigenvalue weighted by atomic mass is 9.73. The lowest BCUT2D eigenvalue weighted by Crippen LogP contribution is -2.58. The molecule has 232 valence electrons. The largest absolute Gasteiger partial charge is 0.494 e. The summed E-state index contributed by atoms with van der Waals surface area (Å²) in [4.78, 5) is 49.1. The maximum absolute atomic E-state index is 14.9. The molecule has 4 aliphatic heterocycles. The predicted octanol–water partition coefficient (Wildman–Crippen LogP) is 3.89. The van der Waals surface area contributed by atoms with E-state index in [-0.39, 0.29) is 30.4 Å². The van der Waals surface area contributed by atoms with E-state index in [0.717, 1.165) is 0 Å². The van der Waals surface area contributed by atoms with Gasteiger partial charge in [0, 0.05) is 24.8 Å². The summed E-state index contributed by atoms with van der Waals surface area (Å²) in [6.45, 7) is 8.57.